The first-order valence-corrected chi connectivity index (χ1v) is 11.1. The van der Waals surface area contributed by atoms with Crippen molar-refractivity contribution < 1.29 is 24.3 Å². The highest BCUT2D eigenvalue weighted by molar-refractivity contribution is 5.94. The molecule has 4 unspecified atom stereocenters. The van der Waals surface area contributed by atoms with E-state index in [1.807, 2.05) is 0 Å². The normalized spacial score (nSPS) is 22.5. The molecule has 0 bridgehead atoms. The van der Waals surface area contributed by atoms with Crippen LogP contribution >= 0.6 is 0 Å². The fourth-order valence-electron chi connectivity index (χ4n) is 4.26. The number of rotatable bonds is 9. The average Bonchev–Trinajstić information content (AvgIpc) is 3.52. The number of likely N-dealkylation sites (tertiary alicyclic amines) is 1. The lowest BCUT2D eigenvalue weighted by atomic mass is 10.0. The van der Waals surface area contributed by atoms with E-state index in [-0.39, 0.29) is 30.2 Å². The summed E-state index contributed by atoms with van der Waals surface area (Å²) in [7, 11) is 0. The Hall–Kier alpha value is -2.95. The van der Waals surface area contributed by atoms with E-state index < -0.39 is 30.0 Å². The van der Waals surface area contributed by atoms with Crippen LogP contribution in [0.25, 0.3) is 0 Å². The molecule has 2 aliphatic heterocycles. The summed E-state index contributed by atoms with van der Waals surface area (Å²) in [6.07, 6.45) is 5.97. The third-order valence-electron chi connectivity index (χ3n) is 6.04. The van der Waals surface area contributed by atoms with Crippen molar-refractivity contribution in [3.05, 3.63) is 18.2 Å². The number of aromatic nitrogens is 2. The van der Waals surface area contributed by atoms with E-state index >= 15 is 0 Å². The summed E-state index contributed by atoms with van der Waals surface area (Å²) >= 11 is 0. The molecule has 4 atom stereocenters. The van der Waals surface area contributed by atoms with Crippen LogP contribution in [0.3, 0.4) is 0 Å². The Kier molecular flexibility index (Phi) is 7.84. The summed E-state index contributed by atoms with van der Waals surface area (Å²) in [4.78, 5) is 58.9. The number of nitrogens with zero attached hydrogens (tertiary/aromatic N) is 2. The molecule has 3 rings (SSSR count). The van der Waals surface area contributed by atoms with E-state index in [0.29, 0.717) is 31.5 Å². The molecule has 11 nitrogen and oxygen atoms in total. The zero-order valence-corrected chi connectivity index (χ0v) is 18.5. The first-order chi connectivity index (χ1) is 15.3. The lowest BCUT2D eigenvalue weighted by Gasteiger charge is -2.30. The Morgan fingerprint density at radius 3 is 2.56 bits per heavy atom. The minimum absolute atomic E-state index is 0.214. The summed E-state index contributed by atoms with van der Waals surface area (Å²) in [5.41, 5.74) is 0.689. The highest BCUT2D eigenvalue weighted by Gasteiger charge is 2.40. The minimum Gasteiger partial charge on any atom is -0.480 e. The van der Waals surface area contributed by atoms with Crippen molar-refractivity contribution in [1.29, 1.82) is 0 Å². The highest BCUT2D eigenvalue weighted by Crippen LogP contribution is 2.20. The third kappa shape index (κ3) is 5.64. The second-order valence-corrected chi connectivity index (χ2v) is 8.75. The molecular weight excluding hydrogens is 416 g/mol. The summed E-state index contributed by atoms with van der Waals surface area (Å²) in [6, 6.07) is -3.01. The Morgan fingerprint density at radius 2 is 1.97 bits per heavy atom. The van der Waals surface area contributed by atoms with Crippen molar-refractivity contribution in [2.24, 2.45) is 5.92 Å². The van der Waals surface area contributed by atoms with Crippen molar-refractivity contribution in [2.75, 3.05) is 13.1 Å². The number of aromatic amines is 1. The van der Waals surface area contributed by atoms with Gasteiger partial charge in [0.15, 0.2) is 0 Å². The number of nitrogens with one attached hydrogen (secondary N) is 4. The van der Waals surface area contributed by atoms with E-state index in [1.165, 1.54) is 11.2 Å². The number of carboxylic acid groups (broad SMARTS) is 1. The van der Waals surface area contributed by atoms with E-state index in [4.69, 9.17) is 0 Å². The van der Waals surface area contributed by atoms with Gasteiger partial charge >= 0.3 is 5.97 Å². The number of imidazole rings is 1. The van der Waals surface area contributed by atoms with Gasteiger partial charge in [-0.25, -0.2) is 9.78 Å². The van der Waals surface area contributed by atoms with Crippen molar-refractivity contribution in [2.45, 2.75) is 70.1 Å². The van der Waals surface area contributed by atoms with Gasteiger partial charge in [-0.2, -0.15) is 0 Å². The van der Waals surface area contributed by atoms with E-state index in [1.54, 1.807) is 20.0 Å². The van der Waals surface area contributed by atoms with Gasteiger partial charge in [-0.1, -0.05) is 13.8 Å². The van der Waals surface area contributed by atoms with Crippen LogP contribution in [0.2, 0.25) is 0 Å². The van der Waals surface area contributed by atoms with E-state index in [2.05, 4.69) is 25.9 Å². The van der Waals surface area contributed by atoms with Gasteiger partial charge in [0.2, 0.25) is 17.7 Å². The number of carbonyl (C=O) groups is 4. The van der Waals surface area contributed by atoms with Gasteiger partial charge in [-0.15, -0.1) is 0 Å². The predicted octanol–water partition coefficient (Wildman–Crippen LogP) is -0.595. The number of amides is 3. The zero-order chi connectivity index (χ0) is 23.3. The van der Waals surface area contributed by atoms with Crippen LogP contribution in [0, 0.1) is 5.92 Å². The number of hydrogen-bond donors (Lipinski definition) is 5. The topological polar surface area (TPSA) is 157 Å². The maximum atomic E-state index is 13.5. The molecule has 0 aromatic carbocycles. The van der Waals surface area contributed by atoms with Crippen molar-refractivity contribution >= 4 is 23.7 Å². The van der Waals surface area contributed by atoms with Gasteiger partial charge in [0.25, 0.3) is 0 Å². The number of carboxylic acids is 1. The van der Waals surface area contributed by atoms with Gasteiger partial charge in [-0.3, -0.25) is 14.4 Å². The zero-order valence-electron chi connectivity index (χ0n) is 18.5. The summed E-state index contributed by atoms with van der Waals surface area (Å²) < 4.78 is 0. The van der Waals surface area contributed by atoms with Crippen LogP contribution in [0.1, 0.15) is 45.2 Å². The molecule has 1 aromatic rings. The maximum absolute atomic E-state index is 13.5. The highest BCUT2D eigenvalue weighted by atomic mass is 16.4. The smallest absolute Gasteiger partial charge is 0.326 e. The van der Waals surface area contributed by atoms with Crippen LogP contribution in [0.5, 0.6) is 0 Å². The predicted molar refractivity (Wildman–Crippen MR) is 114 cm³/mol. The molecule has 11 heteroatoms. The maximum Gasteiger partial charge on any atom is 0.326 e. The van der Waals surface area contributed by atoms with E-state index in [0.717, 1.165) is 13.0 Å². The van der Waals surface area contributed by atoms with Crippen LogP contribution in [-0.4, -0.2) is 80.9 Å². The molecule has 5 N–H and O–H groups in total. The molecule has 2 aliphatic rings. The van der Waals surface area contributed by atoms with Gasteiger partial charge in [-0.05, 0) is 38.1 Å². The molecule has 0 aliphatic carbocycles. The first-order valence-electron chi connectivity index (χ1n) is 11.1. The largest absolute Gasteiger partial charge is 0.480 e. The van der Waals surface area contributed by atoms with Crippen LogP contribution in [0.15, 0.2) is 12.5 Å². The Balaban J connectivity index is 1.73. The van der Waals surface area contributed by atoms with E-state index in [9.17, 15) is 24.3 Å². The second-order valence-electron chi connectivity index (χ2n) is 8.75. The summed E-state index contributed by atoms with van der Waals surface area (Å²) in [5, 5.41) is 17.9. The number of H-pyrrole nitrogens is 1. The quantitative estimate of drug-likeness (QED) is 0.338. The number of aliphatic carboxylic acids is 1. The Morgan fingerprint density at radius 1 is 1.19 bits per heavy atom. The molecule has 3 amide bonds. The lowest BCUT2D eigenvalue weighted by Crippen LogP contribution is -2.57. The molecule has 2 fully saturated rings. The average molecular weight is 449 g/mol. The lowest BCUT2D eigenvalue weighted by molar-refractivity contribution is -0.145. The van der Waals surface area contributed by atoms with Crippen LogP contribution < -0.4 is 16.0 Å². The molecule has 3 heterocycles. The van der Waals surface area contributed by atoms with Crippen molar-refractivity contribution in [3.63, 3.8) is 0 Å². The van der Waals surface area contributed by atoms with Crippen LogP contribution in [0.4, 0.5) is 0 Å². The third-order valence-corrected chi connectivity index (χ3v) is 6.04. The van der Waals surface area contributed by atoms with Gasteiger partial charge in [0.05, 0.1) is 12.4 Å². The SMILES string of the molecule is CC(C)C(NC(=O)C1CCCN1C(=O)C(Cc1cnc[nH]1)NC(=O)C1CCCN1)C(=O)O. The minimum atomic E-state index is -1.11. The molecule has 1 aromatic heterocycles. The molecule has 176 valence electrons. The number of carbonyl (C=O) groups excluding carboxylic acids is 3. The monoisotopic (exact) mass is 448 g/mol. The molecule has 0 spiro atoms. The van der Waals surface area contributed by atoms with Crippen LogP contribution in [-0.2, 0) is 25.6 Å². The van der Waals surface area contributed by atoms with Gasteiger partial charge in [0, 0.05) is 24.9 Å². The first kappa shape index (κ1) is 23.7. The Bertz CT molecular complexity index is 821. The standard InChI is InChI=1S/C21H32N6O5/c1-12(2)17(21(31)32)26-19(29)16-6-4-8-27(16)20(30)15(9-13-10-22-11-24-13)25-18(28)14-5-3-7-23-14/h10-12,14-17,23H,3-9H2,1-2H3,(H,22,24)(H,25,28)(H,26,29)(H,31,32). The summed E-state index contributed by atoms with van der Waals surface area (Å²) in [6.45, 7) is 4.55. The fraction of sp³-hybridized carbons (Fsp3) is 0.667. The number of hydrogen-bond acceptors (Lipinski definition) is 6. The molecule has 0 saturated carbocycles. The molecule has 32 heavy (non-hydrogen) atoms. The molecule has 2 saturated heterocycles. The van der Waals surface area contributed by atoms with Crippen molar-refractivity contribution in [1.82, 2.24) is 30.8 Å². The Labute approximate surface area is 186 Å². The van der Waals surface area contributed by atoms with Gasteiger partial charge < -0.3 is 30.9 Å². The van der Waals surface area contributed by atoms with Crippen molar-refractivity contribution in [3.8, 4) is 0 Å². The summed E-state index contributed by atoms with van der Waals surface area (Å²) in [5.74, 6) is -2.50. The molecular formula is C21H32N6O5. The van der Waals surface area contributed by atoms with Gasteiger partial charge in [0.1, 0.15) is 18.1 Å². The molecule has 0 radical (unpaired) electrons. The fourth-order valence-corrected chi connectivity index (χ4v) is 4.26. The second kappa shape index (κ2) is 10.6.